The summed E-state index contributed by atoms with van der Waals surface area (Å²) in [6.07, 6.45) is 0. The van der Waals surface area contributed by atoms with Crippen molar-refractivity contribution in [3.05, 3.63) is 152 Å². The largest absolute Gasteiger partial charge is 0.456 e. The number of rotatable bonds is 2. The summed E-state index contributed by atoms with van der Waals surface area (Å²) >= 11 is 1.76. The zero-order chi connectivity index (χ0) is 35.5. The van der Waals surface area contributed by atoms with Crippen molar-refractivity contribution < 1.29 is 4.42 Å². The molecule has 0 saturated carbocycles. The molecule has 55 heavy (non-hydrogen) atoms. The molecule has 0 fully saturated rings. The van der Waals surface area contributed by atoms with Gasteiger partial charge in [-0.2, -0.15) is 0 Å². The second-order valence-electron chi connectivity index (χ2n) is 14.8. The predicted molar refractivity (Wildman–Crippen MR) is 232 cm³/mol. The Balaban J connectivity index is 1.20. The maximum atomic E-state index is 6.26. The van der Waals surface area contributed by atoms with Crippen molar-refractivity contribution in [2.75, 3.05) is 0 Å². The van der Waals surface area contributed by atoms with E-state index in [0.29, 0.717) is 5.95 Å². The molecule has 0 unspecified atom stereocenters. The van der Waals surface area contributed by atoms with E-state index in [0.717, 1.165) is 59.8 Å². The van der Waals surface area contributed by atoms with Crippen LogP contribution in [0.25, 0.3) is 135 Å². The molecule has 0 radical (unpaired) electrons. The van der Waals surface area contributed by atoms with Gasteiger partial charge in [0.1, 0.15) is 11.2 Å². The van der Waals surface area contributed by atoms with E-state index in [2.05, 4.69) is 144 Å². The van der Waals surface area contributed by atoms with E-state index >= 15 is 0 Å². The fourth-order valence-corrected chi connectivity index (χ4v) is 11.0. The molecule has 0 bridgehead atoms. The van der Waals surface area contributed by atoms with Gasteiger partial charge < -0.3 is 4.42 Å². The minimum absolute atomic E-state index is 0.671. The number of thiophene rings is 1. The number of para-hydroxylation sites is 1. The average Bonchev–Trinajstić information content (AvgIpc) is 3.97. The zero-order valence-corrected chi connectivity index (χ0v) is 29.9. The lowest BCUT2D eigenvalue weighted by molar-refractivity contribution is 0.669. The van der Waals surface area contributed by atoms with Gasteiger partial charge in [0.2, 0.25) is 5.95 Å². The van der Waals surface area contributed by atoms with E-state index in [4.69, 9.17) is 14.4 Å². The molecule has 0 saturated heterocycles. The van der Waals surface area contributed by atoms with Crippen LogP contribution in [0.15, 0.2) is 156 Å². The Morgan fingerprint density at radius 2 is 1.05 bits per heavy atom. The highest BCUT2D eigenvalue weighted by Crippen LogP contribution is 2.50. The molecular weight excluding hydrogens is 691 g/mol. The van der Waals surface area contributed by atoms with E-state index in [1.54, 1.807) is 11.3 Å². The Morgan fingerprint density at radius 3 is 1.85 bits per heavy atom. The minimum atomic E-state index is 0.671. The topological polar surface area (TPSA) is 43.9 Å². The minimum Gasteiger partial charge on any atom is -0.456 e. The van der Waals surface area contributed by atoms with Gasteiger partial charge in [-0.3, -0.25) is 4.57 Å². The van der Waals surface area contributed by atoms with E-state index in [1.165, 1.54) is 69.3 Å². The van der Waals surface area contributed by atoms with Crippen molar-refractivity contribution in [3.63, 3.8) is 0 Å². The van der Waals surface area contributed by atoms with Gasteiger partial charge in [-0.15, -0.1) is 11.3 Å². The zero-order valence-electron chi connectivity index (χ0n) is 29.1. The second-order valence-corrected chi connectivity index (χ2v) is 15.9. The summed E-state index contributed by atoms with van der Waals surface area (Å²) in [5.74, 6) is 0.671. The summed E-state index contributed by atoms with van der Waals surface area (Å²) in [7, 11) is 0. The number of hydrogen-bond acceptors (Lipinski definition) is 4. The standard InChI is InChI=1S/C50H25N3OS/c1-2-11-28-27(10-1)32-16-9-17-38-44(32)46-39(25-37-30-13-4-3-12-29(30)33-21-22-34(28)45(46)43(33)37)53(38)50-51-47(49-48(52-50)35-15-6-8-19-42(35)55-49)26-20-23-41-36(24-26)31-14-5-7-18-40(31)54-41/h1-25H. The molecule has 4 aromatic heterocycles. The Bertz CT molecular complexity index is 3960. The Hall–Kier alpha value is -7.08. The number of hydrogen-bond donors (Lipinski definition) is 0. The van der Waals surface area contributed by atoms with Crippen LogP contribution in [0.2, 0.25) is 0 Å². The van der Waals surface area contributed by atoms with Crippen LogP contribution in [-0.4, -0.2) is 14.5 Å². The Labute approximate surface area is 315 Å². The fraction of sp³-hybridized carbons (Fsp3) is 0. The molecular formula is C50H25N3OS. The first-order valence-corrected chi connectivity index (χ1v) is 19.5. The summed E-state index contributed by atoms with van der Waals surface area (Å²) in [5, 5.41) is 18.6. The molecule has 5 heteroatoms. The average molecular weight is 716 g/mol. The lowest BCUT2D eigenvalue weighted by Gasteiger charge is -2.12. The molecule has 0 atom stereocenters. The second kappa shape index (κ2) is 9.91. The highest BCUT2D eigenvalue weighted by Gasteiger charge is 2.26. The number of benzene rings is 8. The van der Waals surface area contributed by atoms with Crippen molar-refractivity contribution in [1.29, 1.82) is 0 Å². The van der Waals surface area contributed by atoms with E-state index < -0.39 is 0 Å². The van der Waals surface area contributed by atoms with Crippen LogP contribution in [0, 0.1) is 0 Å². The van der Waals surface area contributed by atoms with Crippen molar-refractivity contribution in [2.45, 2.75) is 0 Å². The SMILES string of the molecule is c1ccc2c(c1)oc1ccc(-c3nc(-n4c5cccc6c7ccccc7c7ccc8c9ccccc9c9cc4c(c7c89)c65)nc4c3sc3ccccc34)cc12. The monoisotopic (exact) mass is 715 g/mol. The number of aromatic nitrogens is 3. The predicted octanol–water partition coefficient (Wildman–Crippen LogP) is 14.1. The summed E-state index contributed by atoms with van der Waals surface area (Å²) in [6.45, 7) is 0. The highest BCUT2D eigenvalue weighted by molar-refractivity contribution is 7.26. The maximum Gasteiger partial charge on any atom is 0.235 e. The molecule has 14 rings (SSSR count). The molecule has 0 amide bonds. The van der Waals surface area contributed by atoms with Gasteiger partial charge in [-0.05, 0) is 90.9 Å². The van der Waals surface area contributed by atoms with Crippen LogP contribution in [0.4, 0.5) is 0 Å². The summed E-state index contributed by atoms with van der Waals surface area (Å²) < 4.78 is 10.9. The van der Waals surface area contributed by atoms with Gasteiger partial charge in [-0.25, -0.2) is 9.97 Å². The third-order valence-corrected chi connectivity index (χ3v) is 13.3. The first kappa shape index (κ1) is 28.4. The van der Waals surface area contributed by atoms with E-state index in [-0.39, 0.29) is 0 Å². The van der Waals surface area contributed by atoms with Gasteiger partial charge in [0.25, 0.3) is 0 Å². The Morgan fingerprint density at radius 1 is 0.418 bits per heavy atom. The van der Waals surface area contributed by atoms with Crippen molar-refractivity contribution in [2.24, 2.45) is 0 Å². The number of furan rings is 1. The molecule has 4 heterocycles. The maximum absolute atomic E-state index is 6.26. The number of fused-ring (bicyclic) bond motifs is 12. The molecule has 252 valence electrons. The summed E-state index contributed by atoms with van der Waals surface area (Å²) in [4.78, 5) is 11.2. The quantitative estimate of drug-likeness (QED) is 0.179. The molecule has 0 aliphatic carbocycles. The first-order valence-electron chi connectivity index (χ1n) is 18.7. The highest BCUT2D eigenvalue weighted by atomic mass is 32.1. The van der Waals surface area contributed by atoms with Gasteiger partial charge in [0.15, 0.2) is 0 Å². The molecule has 4 nitrogen and oxygen atoms in total. The van der Waals surface area contributed by atoms with Gasteiger partial charge >= 0.3 is 0 Å². The van der Waals surface area contributed by atoms with Crippen LogP contribution >= 0.6 is 11.3 Å². The van der Waals surface area contributed by atoms with Gasteiger partial charge in [0.05, 0.1) is 26.9 Å². The van der Waals surface area contributed by atoms with Crippen LogP contribution in [0.5, 0.6) is 0 Å². The van der Waals surface area contributed by atoms with Gasteiger partial charge in [0, 0.05) is 42.6 Å². The van der Waals surface area contributed by atoms with Crippen LogP contribution in [0.3, 0.4) is 0 Å². The fourth-order valence-electron chi connectivity index (χ4n) is 9.85. The smallest absolute Gasteiger partial charge is 0.235 e. The summed E-state index contributed by atoms with van der Waals surface area (Å²) in [6, 6.07) is 55.0. The number of nitrogens with zero attached hydrogens (tertiary/aromatic N) is 3. The first-order chi connectivity index (χ1) is 27.3. The Kier molecular flexibility index (Phi) is 5.12. The third kappa shape index (κ3) is 3.48. The third-order valence-electron chi connectivity index (χ3n) is 12.1. The van der Waals surface area contributed by atoms with Crippen LogP contribution in [-0.2, 0) is 0 Å². The molecule has 0 N–H and O–H groups in total. The van der Waals surface area contributed by atoms with Crippen molar-refractivity contribution in [3.8, 4) is 17.2 Å². The van der Waals surface area contributed by atoms with Crippen LogP contribution < -0.4 is 0 Å². The van der Waals surface area contributed by atoms with Gasteiger partial charge in [-0.1, -0.05) is 109 Å². The van der Waals surface area contributed by atoms with Crippen LogP contribution in [0.1, 0.15) is 0 Å². The lowest BCUT2D eigenvalue weighted by Crippen LogP contribution is -2.03. The molecule has 10 aromatic carbocycles. The molecule has 0 aliphatic heterocycles. The lowest BCUT2D eigenvalue weighted by atomic mass is 9.97. The van der Waals surface area contributed by atoms with E-state index in [9.17, 15) is 0 Å². The normalized spacial score (nSPS) is 12.7. The molecule has 0 spiro atoms. The van der Waals surface area contributed by atoms with Crippen molar-refractivity contribution in [1.82, 2.24) is 14.5 Å². The van der Waals surface area contributed by atoms with Crippen molar-refractivity contribution >= 4 is 129 Å². The van der Waals surface area contributed by atoms with E-state index in [1.807, 2.05) is 12.1 Å². The summed E-state index contributed by atoms with van der Waals surface area (Å²) in [5.41, 5.74) is 6.93. The molecule has 14 aromatic rings. The molecule has 0 aliphatic rings.